The van der Waals surface area contributed by atoms with Crippen LogP contribution >= 0.6 is 11.3 Å². The number of oxime groups is 1. The fourth-order valence-corrected chi connectivity index (χ4v) is 4.35. The summed E-state index contributed by atoms with van der Waals surface area (Å²) >= 11 is 1.56. The SMILES string of the molecule is COc1ccc(/C=N/OCc2nc3c4c(C)c(C)n(-c5nccs5)c4ncn3n2)cc1OC. The summed E-state index contributed by atoms with van der Waals surface area (Å²) in [4.78, 5) is 19.2. The van der Waals surface area contributed by atoms with Gasteiger partial charge in [-0.2, -0.15) is 0 Å². The molecule has 0 saturated heterocycles. The van der Waals surface area contributed by atoms with Crippen molar-refractivity contribution in [2.45, 2.75) is 20.5 Å². The summed E-state index contributed by atoms with van der Waals surface area (Å²) in [6.07, 6.45) is 5.04. The molecule has 0 amide bonds. The molecule has 5 aromatic rings. The molecule has 0 saturated carbocycles. The van der Waals surface area contributed by atoms with Crippen molar-refractivity contribution in [3.05, 3.63) is 58.7 Å². The fraction of sp³-hybridized carbons (Fsp3) is 0.227. The maximum absolute atomic E-state index is 5.44. The van der Waals surface area contributed by atoms with E-state index in [1.165, 1.54) is 0 Å². The molecule has 11 heteroatoms. The normalized spacial score (nSPS) is 11.6. The molecule has 0 N–H and O–H groups in total. The third-order valence-electron chi connectivity index (χ3n) is 5.36. The zero-order chi connectivity index (χ0) is 22.9. The van der Waals surface area contributed by atoms with Crippen molar-refractivity contribution in [1.82, 2.24) is 29.1 Å². The number of thiazole rings is 1. The van der Waals surface area contributed by atoms with Crippen LogP contribution in [0.15, 0.2) is 41.3 Å². The molecular weight excluding hydrogens is 442 g/mol. The molecule has 10 nitrogen and oxygen atoms in total. The highest BCUT2D eigenvalue weighted by Gasteiger charge is 2.20. The summed E-state index contributed by atoms with van der Waals surface area (Å²) in [6, 6.07) is 5.48. The lowest BCUT2D eigenvalue weighted by Gasteiger charge is -2.07. The van der Waals surface area contributed by atoms with Crippen LogP contribution in [0.1, 0.15) is 22.6 Å². The van der Waals surface area contributed by atoms with Gasteiger partial charge >= 0.3 is 0 Å². The predicted octanol–water partition coefficient (Wildman–Crippen LogP) is 3.71. The van der Waals surface area contributed by atoms with E-state index >= 15 is 0 Å². The second kappa shape index (κ2) is 8.51. The number of nitrogens with zero attached hydrogens (tertiary/aromatic N) is 7. The summed E-state index contributed by atoms with van der Waals surface area (Å²) in [5.74, 6) is 1.78. The number of hydrogen-bond acceptors (Lipinski definition) is 9. The third-order valence-corrected chi connectivity index (χ3v) is 6.12. The first kappa shape index (κ1) is 20.9. The lowest BCUT2D eigenvalue weighted by molar-refractivity contribution is 0.126. The van der Waals surface area contributed by atoms with Crippen LogP contribution in [0.2, 0.25) is 0 Å². The number of methoxy groups -OCH3 is 2. The first-order valence-corrected chi connectivity index (χ1v) is 11.0. The number of rotatable bonds is 7. The van der Waals surface area contributed by atoms with E-state index in [9.17, 15) is 0 Å². The van der Waals surface area contributed by atoms with Crippen LogP contribution in [0.4, 0.5) is 0 Å². The van der Waals surface area contributed by atoms with Crippen molar-refractivity contribution < 1.29 is 14.3 Å². The van der Waals surface area contributed by atoms with Gasteiger partial charge in [-0.3, -0.25) is 4.57 Å². The summed E-state index contributed by atoms with van der Waals surface area (Å²) in [6.45, 7) is 4.23. The Balaban J connectivity index is 1.40. The minimum Gasteiger partial charge on any atom is -0.493 e. The summed E-state index contributed by atoms with van der Waals surface area (Å²) in [7, 11) is 3.18. The van der Waals surface area contributed by atoms with Gasteiger partial charge in [0.05, 0.1) is 25.8 Å². The minimum atomic E-state index is 0.123. The van der Waals surface area contributed by atoms with Crippen molar-refractivity contribution in [3.63, 3.8) is 0 Å². The van der Waals surface area contributed by atoms with Gasteiger partial charge in [0.2, 0.25) is 0 Å². The van der Waals surface area contributed by atoms with E-state index in [1.807, 2.05) is 28.1 Å². The molecule has 0 aliphatic rings. The molecule has 0 fully saturated rings. The van der Waals surface area contributed by atoms with Crippen LogP contribution in [-0.2, 0) is 11.4 Å². The zero-order valence-corrected chi connectivity index (χ0v) is 19.3. The summed E-state index contributed by atoms with van der Waals surface area (Å²) in [5.41, 5.74) is 4.50. The maximum Gasteiger partial charge on any atom is 0.195 e. The number of ether oxygens (including phenoxy) is 2. The maximum atomic E-state index is 5.44. The predicted molar refractivity (Wildman–Crippen MR) is 125 cm³/mol. The van der Waals surface area contributed by atoms with Gasteiger partial charge in [0.15, 0.2) is 40.4 Å². The quantitative estimate of drug-likeness (QED) is 0.268. The second-order valence-corrected chi connectivity index (χ2v) is 8.10. The molecule has 33 heavy (non-hydrogen) atoms. The van der Waals surface area contributed by atoms with Gasteiger partial charge in [0.25, 0.3) is 0 Å². The molecule has 4 heterocycles. The number of benzene rings is 1. The molecule has 1 aromatic carbocycles. The summed E-state index contributed by atoms with van der Waals surface area (Å²) in [5, 5.41) is 12.3. The highest BCUT2D eigenvalue weighted by atomic mass is 32.1. The number of aromatic nitrogens is 6. The monoisotopic (exact) mass is 463 g/mol. The highest BCUT2D eigenvalue weighted by molar-refractivity contribution is 7.12. The zero-order valence-electron chi connectivity index (χ0n) is 18.5. The topological polar surface area (TPSA) is 101 Å². The van der Waals surface area contributed by atoms with Gasteiger partial charge in [-0.05, 0) is 37.6 Å². The van der Waals surface area contributed by atoms with Crippen molar-refractivity contribution in [2.24, 2.45) is 5.16 Å². The molecule has 0 aliphatic carbocycles. The van der Waals surface area contributed by atoms with Crippen LogP contribution < -0.4 is 9.47 Å². The molecule has 4 aromatic heterocycles. The highest BCUT2D eigenvalue weighted by Crippen LogP contribution is 2.30. The van der Waals surface area contributed by atoms with E-state index in [4.69, 9.17) is 14.3 Å². The van der Waals surface area contributed by atoms with Crippen LogP contribution in [0.3, 0.4) is 0 Å². The Hall–Kier alpha value is -3.99. The lowest BCUT2D eigenvalue weighted by atomic mass is 10.2. The van der Waals surface area contributed by atoms with E-state index in [0.717, 1.165) is 38.6 Å². The van der Waals surface area contributed by atoms with E-state index in [2.05, 4.69) is 39.1 Å². The number of fused-ring (bicyclic) bond motifs is 3. The van der Waals surface area contributed by atoms with Crippen LogP contribution in [0.5, 0.6) is 11.5 Å². The van der Waals surface area contributed by atoms with Crippen LogP contribution in [-0.4, -0.2) is 49.6 Å². The molecule has 0 atom stereocenters. The molecule has 5 rings (SSSR count). The van der Waals surface area contributed by atoms with Crippen molar-refractivity contribution in [2.75, 3.05) is 14.2 Å². The van der Waals surface area contributed by atoms with E-state index in [0.29, 0.717) is 17.3 Å². The Morgan fingerprint density at radius 3 is 2.70 bits per heavy atom. The third kappa shape index (κ3) is 3.65. The van der Waals surface area contributed by atoms with Crippen LogP contribution in [0, 0.1) is 13.8 Å². The second-order valence-electron chi connectivity index (χ2n) is 7.22. The van der Waals surface area contributed by atoms with Gasteiger partial charge < -0.3 is 14.3 Å². The van der Waals surface area contributed by atoms with E-state index < -0.39 is 0 Å². The number of aryl methyl sites for hydroxylation is 1. The molecule has 0 bridgehead atoms. The van der Waals surface area contributed by atoms with Crippen LogP contribution in [0.25, 0.3) is 21.8 Å². The Morgan fingerprint density at radius 2 is 1.94 bits per heavy atom. The minimum absolute atomic E-state index is 0.123. The standard InChI is InChI=1S/C22H21N7O3S/c1-13-14(2)29(22-23-7-8-33-22)20-19(13)21-26-18(27-28(21)12-24-20)11-32-25-10-15-5-6-16(30-3)17(9-15)31-4/h5-10,12H,11H2,1-4H3/b25-10+. The number of hydrogen-bond donors (Lipinski definition) is 0. The molecule has 168 valence electrons. The smallest absolute Gasteiger partial charge is 0.195 e. The van der Waals surface area contributed by atoms with Gasteiger partial charge in [0.1, 0.15) is 6.33 Å². The Labute approximate surface area is 193 Å². The molecule has 0 aliphatic heterocycles. The van der Waals surface area contributed by atoms with Gasteiger partial charge in [0, 0.05) is 22.8 Å². The lowest BCUT2D eigenvalue weighted by Crippen LogP contribution is -1.98. The largest absolute Gasteiger partial charge is 0.493 e. The molecule has 0 radical (unpaired) electrons. The molecular formula is C22H21N7O3S. The summed E-state index contributed by atoms with van der Waals surface area (Å²) < 4.78 is 14.3. The van der Waals surface area contributed by atoms with Crippen molar-refractivity contribution in [1.29, 1.82) is 0 Å². The van der Waals surface area contributed by atoms with Crippen molar-refractivity contribution in [3.8, 4) is 16.6 Å². The average Bonchev–Trinajstić information content (AvgIpc) is 3.55. The Kier molecular flexibility index (Phi) is 5.38. The Bertz CT molecular complexity index is 1470. The van der Waals surface area contributed by atoms with Gasteiger partial charge in [-0.15, -0.1) is 16.4 Å². The molecule has 0 unspecified atom stereocenters. The Morgan fingerprint density at radius 1 is 1.09 bits per heavy atom. The van der Waals surface area contributed by atoms with E-state index in [-0.39, 0.29) is 6.61 Å². The van der Waals surface area contributed by atoms with Gasteiger partial charge in [-0.25, -0.2) is 19.5 Å². The van der Waals surface area contributed by atoms with E-state index in [1.54, 1.807) is 48.8 Å². The first-order chi connectivity index (χ1) is 16.1. The van der Waals surface area contributed by atoms with Gasteiger partial charge in [-0.1, -0.05) is 5.16 Å². The molecule has 0 spiro atoms. The first-order valence-electron chi connectivity index (χ1n) is 10.1. The average molecular weight is 464 g/mol. The van der Waals surface area contributed by atoms with Crippen molar-refractivity contribution >= 4 is 34.2 Å². The fourth-order valence-electron chi connectivity index (χ4n) is 3.65.